The van der Waals surface area contributed by atoms with Crippen LogP contribution in [0.15, 0.2) is 0 Å². The fraction of sp³-hybridized carbons (Fsp3) is 1.00. The molecule has 0 spiro atoms. The average Bonchev–Trinajstić information content (AvgIpc) is 2.40. The minimum absolute atomic E-state index is 0.993. The average molecular weight is 335 g/mol. The summed E-state index contributed by atoms with van der Waals surface area (Å²) in [4.78, 5) is 0. The molecular formula is C13H31ClSi4. The first-order valence-corrected chi connectivity index (χ1v) is 23.2. The van der Waals surface area contributed by atoms with Gasteiger partial charge in [-0.25, -0.2) is 0 Å². The van der Waals surface area contributed by atoms with E-state index in [1.54, 1.807) is 12.1 Å². The van der Waals surface area contributed by atoms with Crippen molar-refractivity contribution < 1.29 is 0 Å². The summed E-state index contributed by atoms with van der Waals surface area (Å²) in [6, 6.07) is 6.30. The lowest BCUT2D eigenvalue weighted by Gasteiger charge is -2.55. The number of rotatable bonds is 1. The quantitative estimate of drug-likeness (QED) is 0.439. The molecule has 0 aliphatic carbocycles. The van der Waals surface area contributed by atoms with Gasteiger partial charge in [-0.15, -0.1) is 0 Å². The molecule has 2 rings (SSSR count). The molecule has 2 aliphatic rings. The monoisotopic (exact) mass is 334 g/mol. The van der Waals surface area contributed by atoms with Crippen LogP contribution in [-0.4, -0.2) is 28.7 Å². The number of fused-ring (bicyclic) bond motifs is 2. The van der Waals surface area contributed by atoms with Gasteiger partial charge in [-0.2, -0.15) is 11.1 Å². The van der Waals surface area contributed by atoms with Crippen LogP contribution in [0.3, 0.4) is 0 Å². The van der Waals surface area contributed by atoms with E-state index in [1.165, 1.54) is 37.8 Å². The number of hydrogen-bond donors (Lipinski definition) is 0. The Balaban J connectivity index is 2.57. The Morgan fingerprint density at radius 2 is 1.17 bits per heavy atom. The van der Waals surface area contributed by atoms with Crippen molar-refractivity contribution in [2.24, 2.45) is 0 Å². The largest absolute Gasteiger partial charge is 0.171 e. The van der Waals surface area contributed by atoms with Crippen LogP contribution in [0.5, 0.6) is 0 Å². The summed E-state index contributed by atoms with van der Waals surface area (Å²) in [5.74, 6) is 0. The van der Waals surface area contributed by atoms with Gasteiger partial charge in [-0.1, -0.05) is 70.5 Å². The minimum atomic E-state index is -1.39. The molecule has 0 aromatic rings. The summed E-state index contributed by atoms with van der Waals surface area (Å²) in [6.45, 7) is 12.3. The predicted molar refractivity (Wildman–Crippen MR) is 95.9 cm³/mol. The molecule has 2 saturated heterocycles. The molecule has 0 unspecified atom stereocenters. The molecule has 0 aromatic heterocycles. The van der Waals surface area contributed by atoms with E-state index in [0.717, 1.165) is 0 Å². The maximum Gasteiger partial charge on any atom is 0.144 e. The van der Waals surface area contributed by atoms with Crippen LogP contribution in [0, 0.1) is 0 Å². The van der Waals surface area contributed by atoms with Gasteiger partial charge in [0.25, 0.3) is 0 Å². The van der Waals surface area contributed by atoms with Gasteiger partial charge in [0.2, 0.25) is 0 Å². The third kappa shape index (κ3) is 2.10. The second-order valence-corrected chi connectivity index (χ2v) is 48.9. The summed E-state index contributed by atoms with van der Waals surface area (Å²) in [5.41, 5.74) is 0. The van der Waals surface area contributed by atoms with E-state index in [1.807, 2.05) is 0 Å². The Morgan fingerprint density at radius 3 is 1.56 bits per heavy atom. The molecule has 0 radical (unpaired) electrons. The van der Waals surface area contributed by atoms with Crippen molar-refractivity contribution in [1.29, 1.82) is 0 Å². The summed E-state index contributed by atoms with van der Waals surface area (Å²) in [6.07, 6.45) is 6.03. The van der Waals surface area contributed by atoms with E-state index >= 15 is 0 Å². The van der Waals surface area contributed by atoms with Gasteiger partial charge in [0.15, 0.2) is 0 Å². The Hall–Kier alpha value is 1.16. The van der Waals surface area contributed by atoms with Crippen LogP contribution in [0.2, 0.25) is 56.9 Å². The standard InChI is InChI=1S/C13H31ClSi4/c1-15(2,3)18-12-8-6-10-17(14,16(18,4)5)11-7-9-13-18/h6-13H2,1-5H3. The van der Waals surface area contributed by atoms with Crippen molar-refractivity contribution in [2.45, 2.75) is 82.6 Å². The summed E-state index contributed by atoms with van der Waals surface area (Å²) in [5, 5.41) is 0. The summed E-state index contributed by atoms with van der Waals surface area (Å²) in [7, 11) is -3.16. The molecule has 0 nitrogen and oxygen atoms in total. The zero-order valence-corrected chi connectivity index (χ0v) is 17.8. The molecule has 0 atom stereocenters. The van der Waals surface area contributed by atoms with Gasteiger partial charge in [0.05, 0.1) is 7.11 Å². The minimum Gasteiger partial charge on any atom is -0.171 e. The molecular weight excluding hydrogens is 304 g/mol. The maximum atomic E-state index is 7.46. The van der Waals surface area contributed by atoms with Crippen LogP contribution in [0.1, 0.15) is 25.7 Å². The number of halogens is 1. The van der Waals surface area contributed by atoms with E-state index < -0.39 is 28.7 Å². The second-order valence-electron chi connectivity index (χ2n) is 8.34. The van der Waals surface area contributed by atoms with Gasteiger partial charge in [-0.05, 0) is 12.1 Å². The van der Waals surface area contributed by atoms with Crippen molar-refractivity contribution in [2.75, 3.05) is 0 Å². The SMILES string of the molecule is C[Si](C)(C)[Si]12CCCC[Si](Cl)(CCCC1)[Si]2(C)C. The van der Waals surface area contributed by atoms with Gasteiger partial charge in [-0.3, -0.25) is 0 Å². The van der Waals surface area contributed by atoms with E-state index in [0.29, 0.717) is 0 Å². The van der Waals surface area contributed by atoms with Crippen LogP contribution < -0.4 is 0 Å². The van der Waals surface area contributed by atoms with Gasteiger partial charge < -0.3 is 0 Å². The van der Waals surface area contributed by atoms with E-state index in [4.69, 9.17) is 11.1 Å². The summed E-state index contributed by atoms with van der Waals surface area (Å²) >= 11 is 7.46. The highest BCUT2D eigenvalue weighted by Crippen LogP contribution is 2.51. The van der Waals surface area contributed by atoms with Crippen LogP contribution in [0.4, 0.5) is 0 Å². The molecule has 0 amide bonds. The molecule has 2 bridgehead atoms. The molecule has 2 aliphatic heterocycles. The molecule has 18 heavy (non-hydrogen) atoms. The van der Waals surface area contributed by atoms with Gasteiger partial charge in [0.1, 0.15) is 6.90 Å². The van der Waals surface area contributed by atoms with Crippen LogP contribution in [0.25, 0.3) is 0 Å². The van der Waals surface area contributed by atoms with Crippen molar-refractivity contribution in [3.05, 3.63) is 0 Å². The fourth-order valence-electron chi connectivity index (χ4n) is 5.28. The fourth-order valence-corrected chi connectivity index (χ4v) is 92.7. The second kappa shape index (κ2) is 4.86. The normalized spacial score (nSPS) is 41.0. The Kier molecular flexibility index (Phi) is 4.20. The molecule has 5 heteroatoms. The maximum absolute atomic E-state index is 7.46. The summed E-state index contributed by atoms with van der Waals surface area (Å²) < 4.78 is 0. The lowest BCUT2D eigenvalue weighted by Crippen LogP contribution is -2.79. The van der Waals surface area contributed by atoms with Gasteiger partial charge in [0, 0.05) is 14.7 Å². The third-order valence-corrected chi connectivity index (χ3v) is 75.9. The first-order chi connectivity index (χ1) is 8.16. The highest BCUT2D eigenvalue weighted by molar-refractivity contribution is 7.89. The molecule has 2 heterocycles. The lowest BCUT2D eigenvalue weighted by atomic mass is 10.4. The van der Waals surface area contributed by atoms with Crippen molar-refractivity contribution >= 4 is 39.8 Å². The smallest absolute Gasteiger partial charge is 0.144 e. The zero-order valence-electron chi connectivity index (χ0n) is 13.0. The molecule has 0 N–H and O–H groups in total. The third-order valence-electron chi connectivity index (χ3n) is 6.61. The zero-order chi connectivity index (χ0) is 13.7. The van der Waals surface area contributed by atoms with E-state index in [9.17, 15) is 0 Å². The first-order valence-electron chi connectivity index (χ1n) is 7.85. The molecule has 106 valence electrons. The topological polar surface area (TPSA) is 0 Å². The highest BCUT2D eigenvalue weighted by Gasteiger charge is 2.65. The van der Waals surface area contributed by atoms with E-state index in [2.05, 4.69) is 32.7 Å². The first kappa shape index (κ1) is 15.5. The van der Waals surface area contributed by atoms with Crippen molar-refractivity contribution in [1.82, 2.24) is 0 Å². The van der Waals surface area contributed by atoms with Crippen LogP contribution in [-0.2, 0) is 0 Å². The van der Waals surface area contributed by atoms with E-state index in [-0.39, 0.29) is 0 Å². The molecule has 2 fully saturated rings. The molecule has 0 aromatic carbocycles. The Labute approximate surface area is 122 Å². The van der Waals surface area contributed by atoms with Gasteiger partial charge >= 0.3 is 0 Å². The Morgan fingerprint density at radius 1 is 0.778 bits per heavy atom. The number of hydrogen-bond acceptors (Lipinski definition) is 0. The molecule has 0 saturated carbocycles. The Bertz CT molecular complexity index is 309. The van der Waals surface area contributed by atoms with Crippen molar-refractivity contribution in [3.8, 4) is 0 Å². The van der Waals surface area contributed by atoms with Crippen molar-refractivity contribution in [3.63, 3.8) is 0 Å². The predicted octanol–water partition coefficient (Wildman–Crippen LogP) is 5.49. The lowest BCUT2D eigenvalue weighted by molar-refractivity contribution is 0.815. The van der Waals surface area contributed by atoms with Crippen LogP contribution >= 0.6 is 11.1 Å². The highest BCUT2D eigenvalue weighted by atomic mass is 35.6.